The minimum Gasteiger partial charge on any atom is -0.328 e. The summed E-state index contributed by atoms with van der Waals surface area (Å²) in [6.07, 6.45) is 3.67. The molecule has 2 aliphatic rings. The van der Waals surface area contributed by atoms with Crippen molar-refractivity contribution in [2.24, 2.45) is 0 Å². The molecule has 2 heterocycles. The summed E-state index contributed by atoms with van der Waals surface area (Å²) in [5.41, 5.74) is 2.49. The Morgan fingerprint density at radius 2 is 2.05 bits per heavy atom. The Kier molecular flexibility index (Phi) is 2.63. The third kappa shape index (κ3) is 1.86. The molecule has 1 aliphatic heterocycles. The first-order chi connectivity index (χ1) is 10.2. The number of allylic oxidation sites excluding steroid dienone is 2. The lowest BCUT2D eigenvalue weighted by Crippen LogP contribution is -2.31. The van der Waals surface area contributed by atoms with Gasteiger partial charge in [0.25, 0.3) is 0 Å². The summed E-state index contributed by atoms with van der Waals surface area (Å²) < 4.78 is 14.9. The minimum absolute atomic E-state index is 0.124. The number of ketones is 1. The molecule has 6 heteroatoms. The number of carbonyl (C=O) groups excluding carboxylic acids is 1. The van der Waals surface area contributed by atoms with E-state index in [0.29, 0.717) is 12.4 Å². The molecule has 1 aromatic carbocycles. The van der Waals surface area contributed by atoms with Gasteiger partial charge in [-0.2, -0.15) is 10.1 Å². The number of fused-ring (bicyclic) bond motifs is 1. The normalized spacial score (nSPS) is 20.8. The molecule has 5 nitrogen and oxygen atoms in total. The number of nitrogens with zero attached hydrogens (tertiary/aromatic N) is 3. The highest BCUT2D eigenvalue weighted by atomic mass is 19.1. The van der Waals surface area contributed by atoms with Gasteiger partial charge in [-0.3, -0.25) is 4.79 Å². The van der Waals surface area contributed by atoms with E-state index in [1.54, 1.807) is 16.8 Å². The van der Waals surface area contributed by atoms with Crippen LogP contribution < -0.4 is 5.32 Å². The predicted octanol–water partition coefficient (Wildman–Crippen LogP) is 2.44. The first kappa shape index (κ1) is 12.3. The second-order valence-electron chi connectivity index (χ2n) is 5.28. The van der Waals surface area contributed by atoms with Crippen molar-refractivity contribution in [2.75, 3.05) is 5.32 Å². The van der Waals surface area contributed by atoms with Crippen molar-refractivity contribution < 1.29 is 9.18 Å². The van der Waals surface area contributed by atoms with Crippen LogP contribution in [0.5, 0.6) is 0 Å². The van der Waals surface area contributed by atoms with Crippen LogP contribution in [-0.2, 0) is 4.79 Å². The van der Waals surface area contributed by atoms with Crippen LogP contribution in [0.2, 0.25) is 0 Å². The Morgan fingerprint density at radius 3 is 2.86 bits per heavy atom. The van der Waals surface area contributed by atoms with Crippen LogP contribution in [0.25, 0.3) is 0 Å². The van der Waals surface area contributed by atoms with Crippen molar-refractivity contribution >= 4 is 11.7 Å². The number of hydrogen-bond donors (Lipinski definition) is 1. The van der Waals surface area contributed by atoms with Gasteiger partial charge in [0.15, 0.2) is 5.78 Å². The molecule has 1 N–H and O–H groups in total. The molecule has 0 amide bonds. The van der Waals surface area contributed by atoms with Crippen LogP contribution in [-0.4, -0.2) is 20.5 Å². The van der Waals surface area contributed by atoms with E-state index in [1.165, 1.54) is 18.5 Å². The standard InChI is InChI=1S/C15H13FN4O/c16-10-6-4-9(5-7-10)14-13-11(2-1-3-12(13)21)19-15-17-8-18-20(14)15/h4-8,14H,1-3H2,(H,17,18,19). The summed E-state index contributed by atoms with van der Waals surface area (Å²) in [4.78, 5) is 16.6. The van der Waals surface area contributed by atoms with Gasteiger partial charge in [0.2, 0.25) is 5.95 Å². The molecule has 1 aliphatic carbocycles. The van der Waals surface area contributed by atoms with E-state index < -0.39 is 0 Å². The van der Waals surface area contributed by atoms with Crippen molar-refractivity contribution in [3.8, 4) is 0 Å². The van der Waals surface area contributed by atoms with Crippen LogP contribution in [0, 0.1) is 5.82 Å². The highest BCUT2D eigenvalue weighted by Gasteiger charge is 2.35. The molecule has 0 saturated carbocycles. The Labute approximate surface area is 120 Å². The highest BCUT2D eigenvalue weighted by molar-refractivity contribution is 5.99. The lowest BCUT2D eigenvalue weighted by molar-refractivity contribution is -0.116. The lowest BCUT2D eigenvalue weighted by Gasteiger charge is -2.32. The van der Waals surface area contributed by atoms with E-state index in [2.05, 4.69) is 15.4 Å². The van der Waals surface area contributed by atoms with E-state index in [1.807, 2.05) is 0 Å². The molecule has 0 bridgehead atoms. The molecule has 2 aromatic rings. The highest BCUT2D eigenvalue weighted by Crippen LogP contribution is 2.39. The molecule has 0 fully saturated rings. The van der Waals surface area contributed by atoms with Gasteiger partial charge in [0, 0.05) is 17.7 Å². The van der Waals surface area contributed by atoms with Gasteiger partial charge < -0.3 is 5.32 Å². The molecule has 0 saturated heterocycles. The first-order valence-electron chi connectivity index (χ1n) is 6.92. The molecular formula is C15H13FN4O. The zero-order valence-corrected chi connectivity index (χ0v) is 11.2. The number of hydrogen-bond acceptors (Lipinski definition) is 4. The van der Waals surface area contributed by atoms with E-state index in [4.69, 9.17) is 0 Å². The summed E-state index contributed by atoms with van der Waals surface area (Å²) in [5.74, 6) is 0.452. The van der Waals surface area contributed by atoms with Crippen molar-refractivity contribution in [1.29, 1.82) is 0 Å². The van der Waals surface area contributed by atoms with Gasteiger partial charge in [-0.1, -0.05) is 12.1 Å². The fourth-order valence-corrected chi connectivity index (χ4v) is 3.05. The van der Waals surface area contributed by atoms with Crippen LogP contribution in [0.1, 0.15) is 30.9 Å². The number of anilines is 1. The van der Waals surface area contributed by atoms with Crippen LogP contribution in [0.3, 0.4) is 0 Å². The molecular weight excluding hydrogens is 271 g/mol. The van der Waals surface area contributed by atoms with E-state index in [9.17, 15) is 9.18 Å². The number of Topliss-reactive ketones (excluding diaryl/α,β-unsaturated/α-hetero) is 1. The predicted molar refractivity (Wildman–Crippen MR) is 74.1 cm³/mol. The third-order valence-corrected chi connectivity index (χ3v) is 4.00. The Morgan fingerprint density at radius 1 is 1.24 bits per heavy atom. The van der Waals surface area contributed by atoms with Gasteiger partial charge >= 0.3 is 0 Å². The maximum Gasteiger partial charge on any atom is 0.226 e. The van der Waals surface area contributed by atoms with Crippen molar-refractivity contribution in [3.63, 3.8) is 0 Å². The molecule has 106 valence electrons. The number of aromatic nitrogens is 3. The number of carbonyl (C=O) groups is 1. The van der Waals surface area contributed by atoms with Gasteiger partial charge in [-0.15, -0.1) is 0 Å². The maximum atomic E-state index is 13.2. The zero-order valence-electron chi connectivity index (χ0n) is 11.2. The fraction of sp³-hybridized carbons (Fsp3) is 0.267. The molecule has 0 radical (unpaired) electrons. The molecule has 1 unspecified atom stereocenters. The number of nitrogens with one attached hydrogen (secondary N) is 1. The summed E-state index contributed by atoms with van der Waals surface area (Å²) in [6, 6.07) is 5.88. The quantitative estimate of drug-likeness (QED) is 0.873. The second-order valence-corrected chi connectivity index (χ2v) is 5.28. The Hall–Kier alpha value is -2.50. The minimum atomic E-state index is -0.327. The first-order valence-corrected chi connectivity index (χ1v) is 6.92. The summed E-state index contributed by atoms with van der Waals surface area (Å²) in [5, 5.41) is 7.42. The van der Waals surface area contributed by atoms with Crippen LogP contribution in [0.4, 0.5) is 10.3 Å². The average Bonchev–Trinajstić information content (AvgIpc) is 2.94. The van der Waals surface area contributed by atoms with Gasteiger partial charge in [-0.05, 0) is 30.5 Å². The number of halogens is 1. The molecule has 1 atom stereocenters. The van der Waals surface area contributed by atoms with E-state index in [0.717, 1.165) is 29.7 Å². The Bertz CT molecular complexity index is 747. The average molecular weight is 284 g/mol. The largest absolute Gasteiger partial charge is 0.328 e. The summed E-state index contributed by atoms with van der Waals surface area (Å²) in [6.45, 7) is 0. The van der Waals surface area contributed by atoms with Gasteiger partial charge in [0.1, 0.15) is 18.2 Å². The van der Waals surface area contributed by atoms with Crippen molar-refractivity contribution in [2.45, 2.75) is 25.3 Å². The van der Waals surface area contributed by atoms with Gasteiger partial charge in [0.05, 0.1) is 0 Å². The SMILES string of the molecule is O=C1CCCC2=C1C(c1ccc(F)cc1)n1ncnc1N2. The molecule has 1 aromatic heterocycles. The zero-order chi connectivity index (χ0) is 14.4. The van der Waals surface area contributed by atoms with Gasteiger partial charge in [-0.25, -0.2) is 9.07 Å². The topological polar surface area (TPSA) is 59.8 Å². The molecule has 0 spiro atoms. The molecule has 4 rings (SSSR count). The summed E-state index contributed by atoms with van der Waals surface area (Å²) >= 11 is 0. The van der Waals surface area contributed by atoms with E-state index in [-0.39, 0.29) is 17.6 Å². The molecule has 21 heavy (non-hydrogen) atoms. The second kappa shape index (κ2) is 4.51. The van der Waals surface area contributed by atoms with E-state index >= 15 is 0 Å². The maximum absolute atomic E-state index is 13.2. The summed E-state index contributed by atoms with van der Waals surface area (Å²) in [7, 11) is 0. The van der Waals surface area contributed by atoms with Crippen molar-refractivity contribution in [1.82, 2.24) is 14.8 Å². The Balaban J connectivity index is 1.91. The fourth-order valence-electron chi connectivity index (χ4n) is 3.05. The smallest absolute Gasteiger partial charge is 0.226 e. The number of rotatable bonds is 1. The van der Waals surface area contributed by atoms with Crippen LogP contribution >= 0.6 is 0 Å². The lowest BCUT2D eigenvalue weighted by atomic mass is 9.85. The van der Waals surface area contributed by atoms with Crippen molar-refractivity contribution in [3.05, 3.63) is 53.2 Å². The third-order valence-electron chi connectivity index (χ3n) is 4.00. The van der Waals surface area contributed by atoms with Crippen LogP contribution in [0.15, 0.2) is 41.9 Å². The monoisotopic (exact) mass is 284 g/mol. The number of benzene rings is 1.